The maximum Gasteiger partial charge on any atom is 0.145 e. The third-order valence-electron chi connectivity index (χ3n) is 4.33. The number of aliphatic hydroxyl groups is 2. The number of nitrogens with two attached hydrogens (primary N) is 1. The van der Waals surface area contributed by atoms with Gasteiger partial charge < -0.3 is 20.5 Å². The third-order valence-corrected chi connectivity index (χ3v) is 4.33. The molecular weight excluding hydrogens is 232 g/mol. The SMILES string of the molecule is Nc1ncnc2c1ccn2C1C(O)C(O)C2CC21. The molecule has 2 aliphatic rings. The minimum absolute atomic E-state index is 0.100. The van der Waals surface area contributed by atoms with Gasteiger partial charge in [0.15, 0.2) is 0 Å². The Morgan fingerprint density at radius 2 is 2.06 bits per heavy atom. The molecule has 0 amide bonds. The van der Waals surface area contributed by atoms with Crippen LogP contribution in [-0.4, -0.2) is 37.0 Å². The lowest BCUT2D eigenvalue weighted by Crippen LogP contribution is -2.31. The molecule has 2 aromatic rings. The standard InChI is InChI=1S/C12H14N4O2/c13-11-5-1-2-16(12(5)15-4-14-11)8-6-3-7(6)9(17)10(8)18/h1-2,4,6-10,17-18H,3H2,(H2,13,14,15). The smallest absolute Gasteiger partial charge is 0.145 e. The van der Waals surface area contributed by atoms with Crippen LogP contribution in [0, 0.1) is 11.8 Å². The summed E-state index contributed by atoms with van der Waals surface area (Å²) in [6, 6.07) is 1.76. The molecular formula is C12H14N4O2. The first-order valence-electron chi connectivity index (χ1n) is 6.11. The van der Waals surface area contributed by atoms with Crippen molar-refractivity contribution >= 4 is 16.9 Å². The van der Waals surface area contributed by atoms with Gasteiger partial charge in [-0.05, 0) is 24.3 Å². The molecule has 4 rings (SSSR count). The molecule has 2 saturated carbocycles. The molecule has 2 aliphatic carbocycles. The summed E-state index contributed by atoms with van der Waals surface area (Å²) >= 11 is 0. The Hall–Kier alpha value is -1.66. The number of fused-ring (bicyclic) bond motifs is 2. The maximum absolute atomic E-state index is 10.1. The van der Waals surface area contributed by atoms with Gasteiger partial charge in [-0.1, -0.05) is 0 Å². The number of hydrogen-bond acceptors (Lipinski definition) is 5. The van der Waals surface area contributed by atoms with Crippen LogP contribution in [0.4, 0.5) is 5.82 Å². The summed E-state index contributed by atoms with van der Waals surface area (Å²) < 4.78 is 1.93. The summed E-state index contributed by atoms with van der Waals surface area (Å²) in [4.78, 5) is 8.19. The zero-order valence-electron chi connectivity index (χ0n) is 9.64. The highest BCUT2D eigenvalue weighted by Gasteiger charge is 2.60. The van der Waals surface area contributed by atoms with E-state index >= 15 is 0 Å². The van der Waals surface area contributed by atoms with Gasteiger partial charge in [0.2, 0.25) is 0 Å². The van der Waals surface area contributed by atoms with Crippen LogP contribution in [0.2, 0.25) is 0 Å². The average Bonchev–Trinajstić information content (AvgIpc) is 2.95. The van der Waals surface area contributed by atoms with Crippen molar-refractivity contribution in [2.45, 2.75) is 24.7 Å². The zero-order valence-corrected chi connectivity index (χ0v) is 9.64. The van der Waals surface area contributed by atoms with Crippen LogP contribution in [0.1, 0.15) is 12.5 Å². The highest BCUT2D eigenvalue weighted by molar-refractivity contribution is 5.86. The molecule has 5 unspecified atom stereocenters. The van der Waals surface area contributed by atoms with Gasteiger partial charge in [0.25, 0.3) is 0 Å². The van der Waals surface area contributed by atoms with Crippen molar-refractivity contribution in [2.75, 3.05) is 5.73 Å². The van der Waals surface area contributed by atoms with Crippen LogP contribution in [0.5, 0.6) is 0 Å². The molecule has 6 nitrogen and oxygen atoms in total. The molecule has 5 atom stereocenters. The van der Waals surface area contributed by atoms with E-state index in [0.29, 0.717) is 11.7 Å². The monoisotopic (exact) mass is 246 g/mol. The normalized spacial score (nSPS) is 38.0. The van der Waals surface area contributed by atoms with E-state index in [0.717, 1.165) is 17.5 Å². The Bertz CT molecular complexity index is 626. The predicted octanol–water partition coefficient (Wildman–Crippen LogP) is -0.0739. The van der Waals surface area contributed by atoms with Crippen molar-refractivity contribution in [3.8, 4) is 0 Å². The summed E-state index contributed by atoms with van der Waals surface area (Å²) in [5.41, 5.74) is 6.53. The van der Waals surface area contributed by atoms with E-state index in [4.69, 9.17) is 5.73 Å². The molecule has 0 spiro atoms. The zero-order chi connectivity index (χ0) is 12.4. The number of anilines is 1. The minimum atomic E-state index is -0.722. The largest absolute Gasteiger partial charge is 0.390 e. The summed E-state index contributed by atoms with van der Waals surface area (Å²) in [7, 11) is 0. The second-order valence-corrected chi connectivity index (χ2v) is 5.25. The summed E-state index contributed by atoms with van der Waals surface area (Å²) in [5.74, 6) is 1.03. The van der Waals surface area contributed by atoms with Crippen molar-refractivity contribution in [3.63, 3.8) is 0 Å². The molecule has 2 heterocycles. The second-order valence-electron chi connectivity index (χ2n) is 5.25. The van der Waals surface area contributed by atoms with Gasteiger partial charge in [-0.25, -0.2) is 9.97 Å². The number of hydrogen-bond donors (Lipinski definition) is 3. The third kappa shape index (κ3) is 1.14. The highest BCUT2D eigenvalue weighted by atomic mass is 16.3. The molecule has 0 bridgehead atoms. The fourth-order valence-corrected chi connectivity index (χ4v) is 3.33. The van der Waals surface area contributed by atoms with E-state index < -0.39 is 12.2 Å². The van der Waals surface area contributed by atoms with Crippen LogP contribution in [0.25, 0.3) is 11.0 Å². The second kappa shape index (κ2) is 3.21. The Morgan fingerprint density at radius 1 is 1.22 bits per heavy atom. The van der Waals surface area contributed by atoms with Gasteiger partial charge in [-0.2, -0.15) is 0 Å². The van der Waals surface area contributed by atoms with Gasteiger partial charge >= 0.3 is 0 Å². The quantitative estimate of drug-likeness (QED) is 0.654. The van der Waals surface area contributed by atoms with E-state index in [2.05, 4.69) is 9.97 Å². The van der Waals surface area contributed by atoms with Gasteiger partial charge in [-0.3, -0.25) is 0 Å². The van der Waals surface area contributed by atoms with Crippen molar-refractivity contribution < 1.29 is 10.2 Å². The summed E-state index contributed by atoms with van der Waals surface area (Å²) in [5, 5.41) is 20.8. The van der Waals surface area contributed by atoms with E-state index in [1.165, 1.54) is 6.33 Å². The minimum Gasteiger partial charge on any atom is -0.390 e. The molecule has 0 saturated heterocycles. The number of rotatable bonds is 1. The Morgan fingerprint density at radius 3 is 2.78 bits per heavy atom. The molecule has 0 aliphatic heterocycles. The molecule has 6 heteroatoms. The van der Waals surface area contributed by atoms with Crippen molar-refractivity contribution in [2.24, 2.45) is 11.8 Å². The van der Waals surface area contributed by atoms with Gasteiger partial charge in [0, 0.05) is 6.20 Å². The fourth-order valence-electron chi connectivity index (χ4n) is 3.33. The summed E-state index contributed by atoms with van der Waals surface area (Å²) in [6.45, 7) is 0. The molecule has 18 heavy (non-hydrogen) atoms. The first kappa shape index (κ1) is 10.3. The molecule has 0 aromatic carbocycles. The number of nitrogen functional groups attached to an aromatic ring is 1. The van der Waals surface area contributed by atoms with Crippen molar-refractivity contribution in [1.82, 2.24) is 14.5 Å². The highest BCUT2D eigenvalue weighted by Crippen LogP contribution is 2.57. The molecule has 4 N–H and O–H groups in total. The maximum atomic E-state index is 10.1. The summed E-state index contributed by atoms with van der Waals surface area (Å²) in [6.07, 6.45) is 2.94. The lowest BCUT2D eigenvalue weighted by molar-refractivity contribution is 0.00397. The number of aromatic nitrogens is 3. The Kier molecular flexibility index (Phi) is 1.83. The van der Waals surface area contributed by atoms with Crippen LogP contribution in [-0.2, 0) is 0 Å². The van der Waals surface area contributed by atoms with E-state index in [1.807, 2.05) is 16.8 Å². The van der Waals surface area contributed by atoms with E-state index in [9.17, 15) is 10.2 Å². The first-order valence-corrected chi connectivity index (χ1v) is 6.11. The lowest BCUT2D eigenvalue weighted by atomic mass is 10.1. The van der Waals surface area contributed by atoms with Gasteiger partial charge in [0.05, 0.1) is 17.5 Å². The Labute approximate surface area is 103 Å². The van der Waals surface area contributed by atoms with Crippen molar-refractivity contribution in [3.05, 3.63) is 18.6 Å². The Balaban J connectivity index is 1.86. The number of nitrogens with zero attached hydrogens (tertiary/aromatic N) is 3. The molecule has 94 valence electrons. The first-order chi connectivity index (χ1) is 8.68. The molecule has 2 aromatic heterocycles. The van der Waals surface area contributed by atoms with Crippen LogP contribution in [0.3, 0.4) is 0 Å². The predicted molar refractivity (Wildman–Crippen MR) is 64.6 cm³/mol. The van der Waals surface area contributed by atoms with Gasteiger partial charge in [-0.15, -0.1) is 0 Å². The number of aliphatic hydroxyl groups excluding tert-OH is 2. The van der Waals surface area contributed by atoms with Crippen LogP contribution in [0.15, 0.2) is 18.6 Å². The molecule has 0 radical (unpaired) electrons. The van der Waals surface area contributed by atoms with Crippen LogP contribution >= 0.6 is 0 Å². The lowest BCUT2D eigenvalue weighted by Gasteiger charge is -2.22. The van der Waals surface area contributed by atoms with Gasteiger partial charge in [0.1, 0.15) is 23.9 Å². The topological polar surface area (TPSA) is 97.2 Å². The van der Waals surface area contributed by atoms with Crippen molar-refractivity contribution in [1.29, 1.82) is 0 Å². The van der Waals surface area contributed by atoms with Crippen LogP contribution < -0.4 is 5.73 Å². The van der Waals surface area contributed by atoms with E-state index in [1.54, 1.807) is 0 Å². The molecule has 2 fully saturated rings. The fraction of sp³-hybridized carbons (Fsp3) is 0.500. The van der Waals surface area contributed by atoms with E-state index in [-0.39, 0.29) is 12.0 Å². The average molecular weight is 246 g/mol.